The monoisotopic (exact) mass is 285 g/mol. The molecule has 0 fully saturated rings. The van der Waals surface area contributed by atoms with Gasteiger partial charge in [-0.15, -0.1) is 0 Å². The lowest BCUT2D eigenvalue weighted by Gasteiger charge is -2.24. The smallest absolute Gasteiger partial charge is 0.128 e. The van der Waals surface area contributed by atoms with Gasteiger partial charge in [0.25, 0.3) is 0 Å². The van der Waals surface area contributed by atoms with Crippen LogP contribution in [0.1, 0.15) is 46.3 Å². The molecular formula is C19H24FN. The van der Waals surface area contributed by atoms with E-state index in [0.717, 1.165) is 17.7 Å². The fraction of sp³-hybridized carbons (Fsp3) is 0.368. The molecule has 21 heavy (non-hydrogen) atoms. The van der Waals surface area contributed by atoms with Gasteiger partial charge in [-0.3, -0.25) is 0 Å². The predicted molar refractivity (Wildman–Crippen MR) is 87.3 cm³/mol. The quantitative estimate of drug-likeness (QED) is 0.854. The van der Waals surface area contributed by atoms with Crippen molar-refractivity contribution in [3.05, 3.63) is 69.5 Å². The Bertz CT molecular complexity index is 623. The Morgan fingerprint density at radius 2 is 1.57 bits per heavy atom. The zero-order chi connectivity index (χ0) is 15.6. The van der Waals surface area contributed by atoms with E-state index >= 15 is 0 Å². The van der Waals surface area contributed by atoms with Crippen molar-refractivity contribution in [3.8, 4) is 0 Å². The van der Waals surface area contributed by atoms with Gasteiger partial charge in [0.1, 0.15) is 5.82 Å². The first-order valence-corrected chi connectivity index (χ1v) is 7.51. The molecule has 0 aliphatic rings. The Hall–Kier alpha value is -1.67. The van der Waals surface area contributed by atoms with Gasteiger partial charge in [0.2, 0.25) is 0 Å². The van der Waals surface area contributed by atoms with Gasteiger partial charge in [0, 0.05) is 5.56 Å². The van der Waals surface area contributed by atoms with Crippen molar-refractivity contribution in [2.24, 2.45) is 0 Å². The van der Waals surface area contributed by atoms with Gasteiger partial charge in [-0.25, -0.2) is 4.39 Å². The van der Waals surface area contributed by atoms with Crippen LogP contribution in [0.5, 0.6) is 0 Å². The number of benzene rings is 2. The summed E-state index contributed by atoms with van der Waals surface area (Å²) in [5, 5.41) is 3.44. The number of hydrogen-bond donors (Lipinski definition) is 1. The third-order valence-corrected chi connectivity index (χ3v) is 3.90. The third kappa shape index (κ3) is 3.33. The zero-order valence-electron chi connectivity index (χ0n) is 13.5. The van der Waals surface area contributed by atoms with Crippen LogP contribution in [-0.4, -0.2) is 6.54 Å². The maximum atomic E-state index is 14.4. The molecule has 2 heteroatoms. The minimum absolute atomic E-state index is 0.101. The molecule has 0 bridgehead atoms. The van der Waals surface area contributed by atoms with E-state index in [1.165, 1.54) is 22.3 Å². The maximum Gasteiger partial charge on any atom is 0.128 e. The van der Waals surface area contributed by atoms with Crippen LogP contribution in [0.2, 0.25) is 0 Å². The first kappa shape index (κ1) is 15.7. The summed E-state index contributed by atoms with van der Waals surface area (Å²) in [7, 11) is 0. The summed E-state index contributed by atoms with van der Waals surface area (Å²) in [6, 6.07) is 9.71. The Balaban J connectivity index is 2.59. The van der Waals surface area contributed by atoms with Crippen LogP contribution in [0, 0.1) is 33.5 Å². The van der Waals surface area contributed by atoms with Gasteiger partial charge < -0.3 is 5.32 Å². The standard InChI is InChI=1S/C19H24FN/c1-6-21-19(16-8-7-12(2)11-17(16)20)18-14(4)9-13(3)10-15(18)5/h7-11,19,21H,6H2,1-5H3. The maximum absolute atomic E-state index is 14.4. The van der Waals surface area contributed by atoms with E-state index in [1.54, 1.807) is 6.07 Å². The lowest BCUT2D eigenvalue weighted by Crippen LogP contribution is -2.24. The molecule has 1 unspecified atom stereocenters. The Morgan fingerprint density at radius 3 is 2.10 bits per heavy atom. The van der Waals surface area contributed by atoms with Crippen molar-refractivity contribution < 1.29 is 4.39 Å². The molecule has 0 aromatic heterocycles. The summed E-state index contributed by atoms with van der Waals surface area (Å²) in [6.45, 7) is 11.1. The lowest BCUT2D eigenvalue weighted by atomic mass is 9.89. The van der Waals surface area contributed by atoms with E-state index in [-0.39, 0.29) is 11.9 Å². The van der Waals surface area contributed by atoms with Gasteiger partial charge >= 0.3 is 0 Å². The van der Waals surface area contributed by atoms with Crippen LogP contribution < -0.4 is 5.32 Å². The highest BCUT2D eigenvalue weighted by Gasteiger charge is 2.20. The predicted octanol–water partition coefficient (Wildman–Crippen LogP) is 4.76. The van der Waals surface area contributed by atoms with Gasteiger partial charge in [-0.05, 0) is 62.6 Å². The highest BCUT2D eigenvalue weighted by molar-refractivity contribution is 5.44. The van der Waals surface area contributed by atoms with Gasteiger partial charge in [0.15, 0.2) is 0 Å². The Kier molecular flexibility index (Phi) is 4.79. The molecule has 2 aromatic rings. The second kappa shape index (κ2) is 6.40. The molecule has 0 saturated heterocycles. The fourth-order valence-electron chi connectivity index (χ4n) is 3.08. The van der Waals surface area contributed by atoms with Crippen molar-refractivity contribution >= 4 is 0 Å². The molecule has 0 spiro atoms. The fourth-order valence-corrected chi connectivity index (χ4v) is 3.08. The van der Waals surface area contributed by atoms with Crippen molar-refractivity contribution in [1.29, 1.82) is 0 Å². The Morgan fingerprint density at radius 1 is 0.952 bits per heavy atom. The molecule has 2 aromatic carbocycles. The van der Waals surface area contributed by atoms with Crippen LogP contribution in [0.4, 0.5) is 4.39 Å². The van der Waals surface area contributed by atoms with Crippen LogP contribution >= 0.6 is 0 Å². The van der Waals surface area contributed by atoms with E-state index in [1.807, 2.05) is 19.1 Å². The van der Waals surface area contributed by atoms with Crippen LogP contribution in [0.25, 0.3) is 0 Å². The lowest BCUT2D eigenvalue weighted by molar-refractivity contribution is 0.555. The van der Waals surface area contributed by atoms with Crippen molar-refractivity contribution in [1.82, 2.24) is 5.32 Å². The molecule has 1 nitrogen and oxygen atoms in total. The van der Waals surface area contributed by atoms with Crippen molar-refractivity contribution in [2.45, 2.75) is 40.7 Å². The summed E-state index contributed by atoms with van der Waals surface area (Å²) in [6.07, 6.45) is 0. The zero-order valence-corrected chi connectivity index (χ0v) is 13.5. The average Bonchev–Trinajstić information content (AvgIpc) is 2.37. The molecule has 2 rings (SSSR count). The number of hydrogen-bond acceptors (Lipinski definition) is 1. The third-order valence-electron chi connectivity index (χ3n) is 3.90. The molecular weight excluding hydrogens is 261 g/mol. The molecule has 1 N–H and O–H groups in total. The summed E-state index contributed by atoms with van der Waals surface area (Å²) in [5.74, 6) is -0.139. The highest BCUT2D eigenvalue weighted by atomic mass is 19.1. The molecule has 0 aliphatic carbocycles. The van der Waals surface area contributed by atoms with E-state index in [0.29, 0.717) is 0 Å². The molecule has 0 saturated carbocycles. The van der Waals surface area contributed by atoms with E-state index in [9.17, 15) is 4.39 Å². The summed E-state index contributed by atoms with van der Waals surface area (Å²) < 4.78 is 14.4. The first-order valence-electron chi connectivity index (χ1n) is 7.51. The first-order chi connectivity index (χ1) is 9.93. The minimum atomic E-state index is -0.139. The molecule has 1 atom stereocenters. The number of rotatable bonds is 4. The number of halogens is 1. The molecule has 0 radical (unpaired) electrons. The topological polar surface area (TPSA) is 12.0 Å². The van der Waals surface area contributed by atoms with Gasteiger partial charge in [-0.1, -0.05) is 36.8 Å². The number of aryl methyl sites for hydroxylation is 4. The molecule has 0 amide bonds. The van der Waals surface area contributed by atoms with Crippen LogP contribution in [-0.2, 0) is 0 Å². The van der Waals surface area contributed by atoms with Crippen LogP contribution in [0.15, 0.2) is 30.3 Å². The average molecular weight is 285 g/mol. The molecule has 112 valence electrons. The second-order valence-electron chi connectivity index (χ2n) is 5.83. The Labute approximate surface area is 127 Å². The van der Waals surface area contributed by atoms with E-state index in [4.69, 9.17) is 0 Å². The SMILES string of the molecule is CCNC(c1ccc(C)cc1F)c1c(C)cc(C)cc1C. The summed E-state index contributed by atoms with van der Waals surface area (Å²) in [4.78, 5) is 0. The van der Waals surface area contributed by atoms with Crippen LogP contribution in [0.3, 0.4) is 0 Å². The van der Waals surface area contributed by atoms with E-state index < -0.39 is 0 Å². The highest BCUT2D eigenvalue weighted by Crippen LogP contribution is 2.30. The molecule has 0 heterocycles. The van der Waals surface area contributed by atoms with E-state index in [2.05, 4.69) is 45.1 Å². The summed E-state index contributed by atoms with van der Waals surface area (Å²) in [5.41, 5.74) is 6.51. The van der Waals surface area contributed by atoms with Crippen molar-refractivity contribution in [2.75, 3.05) is 6.54 Å². The summed E-state index contributed by atoms with van der Waals surface area (Å²) >= 11 is 0. The largest absolute Gasteiger partial charge is 0.306 e. The molecule has 0 aliphatic heterocycles. The second-order valence-corrected chi connectivity index (χ2v) is 5.83. The van der Waals surface area contributed by atoms with Gasteiger partial charge in [-0.2, -0.15) is 0 Å². The van der Waals surface area contributed by atoms with Gasteiger partial charge in [0.05, 0.1) is 6.04 Å². The van der Waals surface area contributed by atoms with Crippen molar-refractivity contribution in [3.63, 3.8) is 0 Å². The minimum Gasteiger partial charge on any atom is -0.306 e. The normalized spacial score (nSPS) is 12.5. The number of nitrogens with one attached hydrogen (secondary N) is 1.